The van der Waals surface area contributed by atoms with Crippen LogP contribution in [0.15, 0.2) is 29.4 Å². The quantitative estimate of drug-likeness (QED) is 0.640. The molecule has 0 N–H and O–H groups in total. The van der Waals surface area contributed by atoms with Crippen LogP contribution in [-0.2, 0) is 18.3 Å². The Morgan fingerprint density at radius 3 is 2.92 bits per heavy atom. The monoisotopic (exact) mass is 378 g/mol. The molecule has 0 radical (unpaired) electrons. The summed E-state index contributed by atoms with van der Waals surface area (Å²) in [6.07, 6.45) is 1.66. The maximum atomic E-state index is 12.7. The fourth-order valence-corrected chi connectivity index (χ4v) is 3.97. The average molecular weight is 379 g/mol. The van der Waals surface area contributed by atoms with Gasteiger partial charge in [0.05, 0.1) is 23.0 Å². The van der Waals surface area contributed by atoms with Gasteiger partial charge in [0, 0.05) is 30.8 Å². The lowest BCUT2D eigenvalue weighted by molar-refractivity contribution is 0.0987. The maximum Gasteiger partial charge on any atom is 0.298 e. The van der Waals surface area contributed by atoms with Crippen molar-refractivity contribution in [2.45, 2.75) is 20.4 Å². The van der Waals surface area contributed by atoms with Crippen LogP contribution in [-0.4, -0.2) is 33.5 Å². The number of thiazole rings is 1. The number of aryl methyl sites for hydroxylation is 2. The Kier molecular flexibility index (Phi) is 5.36. The molecule has 2 heterocycles. The number of carbonyl (C=O) groups excluding carboxylic acids is 1. The van der Waals surface area contributed by atoms with E-state index in [9.17, 15) is 4.79 Å². The van der Waals surface area contributed by atoms with Crippen LogP contribution in [0.25, 0.3) is 10.2 Å². The van der Waals surface area contributed by atoms with Gasteiger partial charge in [0.2, 0.25) is 0 Å². The number of carbonyl (C=O) groups is 1. The molecule has 0 unspecified atom stereocenters. The van der Waals surface area contributed by atoms with Gasteiger partial charge in [-0.2, -0.15) is 10.1 Å². The summed E-state index contributed by atoms with van der Waals surface area (Å²) >= 11 is 7.54. The minimum absolute atomic E-state index is 0.305. The fraction of sp³-hybridized carbons (Fsp3) is 0.353. The van der Waals surface area contributed by atoms with Gasteiger partial charge in [-0.05, 0) is 32.0 Å². The van der Waals surface area contributed by atoms with Crippen LogP contribution in [0.4, 0.5) is 0 Å². The standard InChI is InChI=1S/C17H19ClN4O2S/c1-4-24-8-7-22-13-6-5-12(18)9-14(13)25-17(22)20-16(23)15-11(2)10-19-21(15)3/h5-6,9-10H,4,7-8H2,1-3H3. The predicted molar refractivity (Wildman–Crippen MR) is 99.2 cm³/mol. The number of halogens is 1. The molecule has 0 fully saturated rings. The minimum Gasteiger partial charge on any atom is -0.380 e. The number of hydrogen-bond donors (Lipinski definition) is 0. The highest BCUT2D eigenvalue weighted by atomic mass is 35.5. The van der Waals surface area contributed by atoms with Crippen molar-refractivity contribution in [2.75, 3.05) is 13.2 Å². The lowest BCUT2D eigenvalue weighted by atomic mass is 10.3. The van der Waals surface area contributed by atoms with E-state index in [1.807, 2.05) is 36.6 Å². The first-order chi connectivity index (χ1) is 12.0. The zero-order valence-electron chi connectivity index (χ0n) is 14.3. The van der Waals surface area contributed by atoms with E-state index in [1.54, 1.807) is 17.9 Å². The van der Waals surface area contributed by atoms with E-state index in [0.29, 0.717) is 35.3 Å². The molecule has 0 aliphatic heterocycles. The normalized spacial score (nSPS) is 12.2. The zero-order valence-corrected chi connectivity index (χ0v) is 15.9. The predicted octanol–water partition coefficient (Wildman–Crippen LogP) is 3.18. The van der Waals surface area contributed by atoms with E-state index in [1.165, 1.54) is 11.3 Å². The number of amides is 1. The van der Waals surface area contributed by atoms with Crippen molar-refractivity contribution in [3.63, 3.8) is 0 Å². The second kappa shape index (κ2) is 7.51. The van der Waals surface area contributed by atoms with Gasteiger partial charge in [-0.15, -0.1) is 0 Å². The lowest BCUT2D eigenvalue weighted by Gasteiger charge is -2.05. The Balaban J connectivity index is 2.10. The van der Waals surface area contributed by atoms with E-state index in [4.69, 9.17) is 16.3 Å². The highest BCUT2D eigenvalue weighted by Crippen LogP contribution is 2.22. The number of hydrogen-bond acceptors (Lipinski definition) is 4. The summed E-state index contributed by atoms with van der Waals surface area (Å²) in [4.78, 5) is 17.6. The van der Waals surface area contributed by atoms with Gasteiger partial charge in [-0.3, -0.25) is 9.48 Å². The topological polar surface area (TPSA) is 61.4 Å². The van der Waals surface area contributed by atoms with Gasteiger partial charge in [-0.1, -0.05) is 22.9 Å². The SMILES string of the molecule is CCOCCn1c(=NC(=O)c2c(C)cnn2C)sc2cc(Cl)ccc21. The van der Waals surface area contributed by atoms with Crippen molar-refractivity contribution < 1.29 is 9.53 Å². The van der Waals surface area contributed by atoms with Gasteiger partial charge >= 0.3 is 0 Å². The van der Waals surface area contributed by atoms with Crippen LogP contribution >= 0.6 is 22.9 Å². The molecule has 0 aliphatic carbocycles. The lowest BCUT2D eigenvalue weighted by Crippen LogP contribution is -2.20. The molecule has 2 aromatic heterocycles. The number of aromatic nitrogens is 3. The number of ether oxygens (including phenoxy) is 1. The molecule has 3 rings (SSSR count). The van der Waals surface area contributed by atoms with Crippen LogP contribution in [0, 0.1) is 6.92 Å². The number of fused-ring (bicyclic) bond motifs is 1. The Bertz CT molecular complexity index is 967. The third-order valence-corrected chi connectivity index (χ3v) is 5.11. The first-order valence-corrected chi connectivity index (χ1v) is 9.15. The van der Waals surface area contributed by atoms with Crippen molar-refractivity contribution in [3.05, 3.63) is 45.5 Å². The van der Waals surface area contributed by atoms with E-state index >= 15 is 0 Å². The number of nitrogens with zero attached hydrogens (tertiary/aromatic N) is 4. The van der Waals surface area contributed by atoms with Gasteiger partial charge < -0.3 is 9.30 Å². The molecule has 0 atom stereocenters. The molecule has 0 saturated heterocycles. The summed E-state index contributed by atoms with van der Waals surface area (Å²) in [6, 6.07) is 5.67. The first-order valence-electron chi connectivity index (χ1n) is 7.95. The van der Waals surface area contributed by atoms with E-state index in [0.717, 1.165) is 15.8 Å². The number of rotatable bonds is 5. The molecule has 0 saturated carbocycles. The summed E-state index contributed by atoms with van der Waals surface area (Å²) in [7, 11) is 1.74. The van der Waals surface area contributed by atoms with Crippen LogP contribution in [0.5, 0.6) is 0 Å². The van der Waals surface area contributed by atoms with E-state index in [2.05, 4.69) is 10.1 Å². The molecular weight excluding hydrogens is 360 g/mol. The molecule has 6 nitrogen and oxygen atoms in total. The van der Waals surface area contributed by atoms with Crippen LogP contribution in [0.2, 0.25) is 5.02 Å². The highest BCUT2D eigenvalue weighted by Gasteiger charge is 2.15. The van der Waals surface area contributed by atoms with Crippen LogP contribution in [0.3, 0.4) is 0 Å². The van der Waals surface area contributed by atoms with Gasteiger partial charge in [-0.25, -0.2) is 0 Å². The van der Waals surface area contributed by atoms with Gasteiger partial charge in [0.15, 0.2) is 4.80 Å². The van der Waals surface area contributed by atoms with Crippen molar-refractivity contribution in [3.8, 4) is 0 Å². The highest BCUT2D eigenvalue weighted by molar-refractivity contribution is 7.16. The maximum absolute atomic E-state index is 12.7. The molecule has 3 aromatic rings. The Morgan fingerprint density at radius 1 is 1.44 bits per heavy atom. The third kappa shape index (κ3) is 3.68. The Hall–Kier alpha value is -1.96. The summed E-state index contributed by atoms with van der Waals surface area (Å²) in [5.41, 5.74) is 2.29. The summed E-state index contributed by atoms with van der Waals surface area (Å²) in [5.74, 6) is -0.305. The first kappa shape index (κ1) is 17.8. The van der Waals surface area contributed by atoms with Gasteiger partial charge in [0.25, 0.3) is 5.91 Å². The zero-order chi connectivity index (χ0) is 18.0. The van der Waals surface area contributed by atoms with Crippen molar-refractivity contribution in [1.82, 2.24) is 14.3 Å². The molecule has 25 heavy (non-hydrogen) atoms. The smallest absolute Gasteiger partial charge is 0.298 e. The minimum atomic E-state index is -0.305. The molecule has 1 amide bonds. The summed E-state index contributed by atoms with van der Waals surface area (Å²) in [6.45, 7) is 5.62. The van der Waals surface area contributed by atoms with Crippen molar-refractivity contribution >= 4 is 39.1 Å². The van der Waals surface area contributed by atoms with Crippen LogP contribution < -0.4 is 4.80 Å². The Morgan fingerprint density at radius 2 is 2.24 bits per heavy atom. The molecular formula is C17H19ClN4O2S. The van der Waals surface area contributed by atoms with Crippen molar-refractivity contribution in [1.29, 1.82) is 0 Å². The Labute approximate surface area is 154 Å². The summed E-state index contributed by atoms with van der Waals surface area (Å²) in [5, 5.41) is 4.77. The molecule has 0 bridgehead atoms. The molecule has 132 valence electrons. The second-order valence-corrected chi connectivity index (χ2v) is 7.01. The van der Waals surface area contributed by atoms with E-state index in [-0.39, 0.29) is 5.91 Å². The van der Waals surface area contributed by atoms with Gasteiger partial charge in [0.1, 0.15) is 5.69 Å². The molecule has 0 spiro atoms. The number of benzene rings is 1. The third-order valence-electron chi connectivity index (χ3n) is 3.83. The average Bonchev–Trinajstić information content (AvgIpc) is 3.07. The van der Waals surface area contributed by atoms with Crippen LogP contribution in [0.1, 0.15) is 23.0 Å². The van der Waals surface area contributed by atoms with E-state index < -0.39 is 0 Å². The largest absolute Gasteiger partial charge is 0.380 e. The fourth-order valence-electron chi connectivity index (χ4n) is 2.64. The summed E-state index contributed by atoms with van der Waals surface area (Å²) < 4.78 is 10.00. The second-order valence-electron chi connectivity index (χ2n) is 5.56. The molecule has 8 heteroatoms. The molecule has 0 aliphatic rings. The van der Waals surface area contributed by atoms with Crippen molar-refractivity contribution in [2.24, 2.45) is 12.0 Å². The molecule has 1 aromatic carbocycles.